The van der Waals surface area contributed by atoms with E-state index in [-0.39, 0.29) is 6.71 Å². The Balaban J connectivity index is 1.07. The van der Waals surface area contributed by atoms with Crippen LogP contribution in [0, 0.1) is 0 Å². The number of rotatable bonds is 8. The SMILES string of the molecule is c1ccc([Si]23O[Si]4(c5ccccc5)O[Si]5(c6ccccc6)O[Si](c6ccccc6)(O2)O[Si]2(c6ccccc6)O[Si](c6ccccc6)(O3)O[Si](c3ccccc3)(O4)O[Si](c3ccc4c6c3Oc3ccccc3B6c3ccccc3O4)(O5)O2)cc1. The summed E-state index contributed by atoms with van der Waals surface area (Å²) in [6.45, 7) is -0.372. The quantitative estimate of drug-likeness (QED) is 0.205. The Morgan fingerprint density at radius 3 is 0.735 bits per heavy atom. The molecule has 14 nitrogen and oxygen atoms in total. The highest BCUT2D eigenvalue weighted by Crippen LogP contribution is 2.49. The minimum absolute atomic E-state index is 0.372. The topological polar surface area (TPSA) is 129 Å². The van der Waals surface area contributed by atoms with Gasteiger partial charge in [0.1, 0.15) is 23.0 Å². The number of hydrogen-bond acceptors (Lipinski definition) is 14. The molecule has 8 aliphatic rings. The van der Waals surface area contributed by atoms with Gasteiger partial charge in [0.2, 0.25) is 0 Å². The molecule has 10 aromatic carbocycles. The zero-order valence-corrected chi connectivity index (χ0v) is 51.8. The van der Waals surface area contributed by atoms with Crippen LogP contribution in [-0.2, 0) is 49.4 Å². The second-order valence-corrected chi connectivity index (χ2v) is 44.1. The number of para-hydroxylation sites is 2. The molecule has 8 bridgehead atoms. The first-order valence-corrected chi connectivity index (χ1v) is 41.1. The first kappa shape index (κ1) is 50.6. The lowest BCUT2D eigenvalue weighted by molar-refractivity contribution is -0.00301. The molecule has 0 atom stereocenters. The Bertz CT molecular complexity index is 3840. The van der Waals surface area contributed by atoms with Gasteiger partial charge in [-0.25, -0.2) is 0 Å². The highest BCUT2D eigenvalue weighted by molar-refractivity contribution is 7.15. The first-order chi connectivity index (χ1) is 40.8. The van der Waals surface area contributed by atoms with Gasteiger partial charge in [0, 0.05) is 41.8 Å². The Hall–Kier alpha value is -6.88. The molecule has 0 radical (unpaired) electrons. The van der Waals surface area contributed by atoms with Crippen molar-refractivity contribution in [3.05, 3.63) is 273 Å². The molecule has 6 saturated heterocycles. The Morgan fingerprint density at radius 1 is 0.205 bits per heavy atom. The van der Waals surface area contributed by atoms with E-state index in [0.29, 0.717) is 58.7 Å². The van der Waals surface area contributed by atoms with Crippen LogP contribution in [-0.4, -0.2) is 77.1 Å². The van der Waals surface area contributed by atoms with Crippen LogP contribution in [0.15, 0.2) is 273 Å². The summed E-state index contributed by atoms with van der Waals surface area (Å²) in [4.78, 5) is 0. The van der Waals surface area contributed by atoms with Gasteiger partial charge >= 0.3 is 70.4 Å². The van der Waals surface area contributed by atoms with Crippen LogP contribution in [0.4, 0.5) is 0 Å². The third kappa shape index (κ3) is 7.72. The van der Waals surface area contributed by atoms with Gasteiger partial charge in [-0.15, -0.1) is 0 Å². The van der Waals surface area contributed by atoms with E-state index >= 15 is 0 Å². The molecular formula is C60H45BO14Si8. The predicted molar refractivity (Wildman–Crippen MR) is 325 cm³/mol. The van der Waals surface area contributed by atoms with Crippen LogP contribution in [0.5, 0.6) is 23.0 Å². The highest BCUT2D eigenvalue weighted by Gasteiger charge is 2.86. The van der Waals surface area contributed by atoms with E-state index in [1.54, 1.807) is 0 Å². The van der Waals surface area contributed by atoms with E-state index in [1.807, 2.05) is 261 Å². The summed E-state index contributed by atoms with van der Waals surface area (Å²) in [5.74, 6) is 2.31. The Kier molecular flexibility index (Phi) is 11.5. The molecule has 0 amide bonds. The second kappa shape index (κ2) is 18.8. The summed E-state index contributed by atoms with van der Waals surface area (Å²) in [6, 6.07) is 87.3. The average Bonchev–Trinajstić information content (AvgIpc) is 0.823. The first-order valence-electron chi connectivity index (χ1n) is 27.3. The summed E-state index contributed by atoms with van der Waals surface area (Å²) >= 11 is 0. The van der Waals surface area contributed by atoms with Gasteiger partial charge in [0.05, 0.1) is 5.19 Å². The number of ether oxygens (including phenoxy) is 2. The highest BCUT2D eigenvalue weighted by atomic mass is 28.6. The van der Waals surface area contributed by atoms with E-state index in [4.69, 9.17) is 58.9 Å². The summed E-state index contributed by atoms with van der Waals surface area (Å²) in [5, 5.41) is 4.06. The van der Waals surface area contributed by atoms with E-state index in [1.165, 1.54) is 0 Å². The molecule has 23 heteroatoms. The fourth-order valence-corrected chi connectivity index (χ4v) is 58.3. The molecule has 10 aromatic rings. The van der Waals surface area contributed by atoms with Gasteiger partial charge in [-0.05, 0) is 35.2 Å². The molecule has 0 spiro atoms. The lowest BCUT2D eigenvalue weighted by atomic mass is 9.35. The van der Waals surface area contributed by atoms with Gasteiger partial charge in [0.15, 0.2) is 0 Å². The minimum atomic E-state index is -5.25. The van der Waals surface area contributed by atoms with Crippen molar-refractivity contribution in [1.82, 2.24) is 0 Å². The van der Waals surface area contributed by atoms with Gasteiger partial charge < -0.3 is 58.9 Å². The zero-order valence-electron chi connectivity index (χ0n) is 43.8. The summed E-state index contributed by atoms with van der Waals surface area (Å²) in [5.41, 5.74) is 2.63. The molecule has 83 heavy (non-hydrogen) atoms. The maximum atomic E-state index is 8.53. The molecule has 8 aliphatic heterocycles. The molecule has 0 unspecified atom stereocenters. The van der Waals surface area contributed by atoms with E-state index in [0.717, 1.165) is 22.1 Å². The summed E-state index contributed by atoms with van der Waals surface area (Å²) in [6.07, 6.45) is 0. The van der Waals surface area contributed by atoms with E-state index < -0.39 is 70.4 Å². The zero-order chi connectivity index (χ0) is 55.0. The van der Waals surface area contributed by atoms with Crippen molar-refractivity contribution in [3.8, 4) is 23.0 Å². The molecule has 404 valence electrons. The molecule has 0 N–H and O–H groups in total. The van der Waals surface area contributed by atoms with Crippen LogP contribution < -0.4 is 67.4 Å². The van der Waals surface area contributed by atoms with Crippen LogP contribution >= 0.6 is 0 Å². The van der Waals surface area contributed by atoms with Crippen LogP contribution in [0.2, 0.25) is 0 Å². The normalized spacial score (nSPS) is 30.4. The van der Waals surface area contributed by atoms with Crippen molar-refractivity contribution < 1.29 is 58.9 Å². The second-order valence-electron chi connectivity index (χ2n) is 20.8. The molecule has 8 heterocycles. The number of benzene rings is 10. The van der Waals surface area contributed by atoms with Crippen molar-refractivity contribution >= 4 is 135 Å². The van der Waals surface area contributed by atoms with Crippen molar-refractivity contribution in [3.63, 3.8) is 0 Å². The molecule has 6 fully saturated rings. The van der Waals surface area contributed by atoms with Gasteiger partial charge in [-0.3, -0.25) is 0 Å². The molecule has 18 rings (SSSR count). The van der Waals surface area contributed by atoms with Crippen LogP contribution in [0.25, 0.3) is 0 Å². The minimum Gasteiger partial charge on any atom is -0.458 e. The third-order valence-electron chi connectivity index (χ3n) is 15.8. The standard InChI is InChI=1S/C60H45BO14Si8/c1-8-26-46(27-9-1)76-64-77(47-28-10-2-11-29-47)67-80(50-34-16-5-17-35-50)69-78(65-76,48-30-12-3-13-31-48)71-82(52-38-20-7-21-39-52)72-79(66-76,49-32-14-4-15-33-49)70-81(68-77,51-36-18-6-19-37-51)74-83(73-80,75-82)58-45-44-57-59-60(58)63-56-43-25-23-41-54(56)61(59)53-40-22-24-42-55(53)62-57/h1-45H. The van der Waals surface area contributed by atoms with Gasteiger partial charge in [-0.2, -0.15) is 0 Å². The van der Waals surface area contributed by atoms with Crippen molar-refractivity contribution in [1.29, 1.82) is 0 Å². The number of hydrogen-bond donors (Lipinski definition) is 0. The molecular weight excluding hydrogens is 1180 g/mol. The molecule has 0 aromatic heterocycles. The predicted octanol–water partition coefficient (Wildman–Crippen LogP) is 3.75. The lowest BCUT2D eigenvalue weighted by Crippen LogP contribution is -2.96. The van der Waals surface area contributed by atoms with E-state index in [2.05, 4.69) is 12.1 Å². The largest absolute Gasteiger partial charge is 0.519 e. The van der Waals surface area contributed by atoms with Crippen LogP contribution in [0.3, 0.4) is 0 Å². The van der Waals surface area contributed by atoms with E-state index in [9.17, 15) is 0 Å². The smallest absolute Gasteiger partial charge is 0.458 e. The monoisotopic (exact) mass is 1220 g/mol. The third-order valence-corrected chi connectivity index (χ3v) is 49.9. The molecule has 0 saturated carbocycles. The fraction of sp³-hybridized carbons (Fsp3) is 0. The maximum Gasteiger partial charge on any atom is 0.519 e. The van der Waals surface area contributed by atoms with Crippen LogP contribution in [0.1, 0.15) is 0 Å². The lowest BCUT2D eigenvalue weighted by Gasteiger charge is -2.62. The molecule has 0 aliphatic carbocycles. The summed E-state index contributed by atoms with van der Waals surface area (Å²) < 4.78 is 115. The van der Waals surface area contributed by atoms with Crippen molar-refractivity contribution in [2.24, 2.45) is 0 Å². The van der Waals surface area contributed by atoms with Gasteiger partial charge in [0.25, 0.3) is 6.71 Å². The van der Waals surface area contributed by atoms with Crippen molar-refractivity contribution in [2.75, 3.05) is 0 Å². The Labute approximate surface area is 486 Å². The Morgan fingerprint density at radius 2 is 0.446 bits per heavy atom. The maximum absolute atomic E-state index is 8.53. The summed E-state index contributed by atoms with van der Waals surface area (Å²) in [7, 11) is -39.9. The average molecular weight is 1230 g/mol. The van der Waals surface area contributed by atoms with Crippen molar-refractivity contribution in [2.45, 2.75) is 0 Å². The van der Waals surface area contributed by atoms with Gasteiger partial charge in [-0.1, -0.05) is 249 Å². The fourth-order valence-electron chi connectivity index (χ4n) is 12.1. The number of fused-ring (bicyclic) bond motifs is 4.